The second-order valence-electron chi connectivity index (χ2n) is 8.97. The lowest BCUT2D eigenvalue weighted by atomic mass is 9.74. The van der Waals surface area contributed by atoms with Gasteiger partial charge in [-0.15, -0.1) is 15.6 Å². The number of aromatic nitrogens is 1. The predicted octanol–water partition coefficient (Wildman–Crippen LogP) is 1.35. The number of nitrogens with two attached hydrogens (primary N) is 2. The molecule has 1 unspecified atom stereocenters. The molecule has 1 aliphatic heterocycles. The number of nitrogen functional groups attached to an aromatic ring is 2. The van der Waals surface area contributed by atoms with E-state index in [-0.39, 0.29) is 76.4 Å². The van der Waals surface area contributed by atoms with E-state index in [1.54, 1.807) is 24.3 Å². The number of aliphatic hydroxyl groups is 1. The van der Waals surface area contributed by atoms with E-state index in [2.05, 4.69) is 14.4 Å². The molecule has 1 amide bonds. The van der Waals surface area contributed by atoms with Crippen molar-refractivity contribution >= 4 is 77.1 Å². The summed E-state index contributed by atoms with van der Waals surface area (Å²) in [6.07, 6.45) is -1.09. The van der Waals surface area contributed by atoms with Crippen molar-refractivity contribution in [3.05, 3.63) is 40.9 Å². The Balaban J connectivity index is 0.00000560. The Bertz CT molecular complexity index is 1370. The van der Waals surface area contributed by atoms with Crippen LogP contribution in [0.15, 0.2) is 34.8 Å². The number of oxime groups is 1. The van der Waals surface area contributed by atoms with E-state index < -0.39 is 46.1 Å². The second-order valence-corrected chi connectivity index (χ2v) is 10.9. The topological polar surface area (TPSA) is 241 Å². The number of β-lactam (4-membered cyclic amide) rings is 1. The number of thiazole rings is 1. The molecular weight excluding hydrogens is 633 g/mol. The zero-order valence-electron chi connectivity index (χ0n) is 21.9. The van der Waals surface area contributed by atoms with Gasteiger partial charge in [-0.3, -0.25) is 19.6 Å². The van der Waals surface area contributed by atoms with E-state index in [0.717, 1.165) is 11.3 Å². The summed E-state index contributed by atoms with van der Waals surface area (Å²) < 4.78 is 41.0. The molecule has 236 valence electrons. The van der Waals surface area contributed by atoms with Crippen LogP contribution in [-0.4, -0.2) is 76.2 Å². The van der Waals surface area contributed by atoms with Crippen LogP contribution >= 0.6 is 38.3 Å². The van der Waals surface area contributed by atoms with Gasteiger partial charge in [0, 0.05) is 30.4 Å². The zero-order valence-corrected chi connectivity index (χ0v) is 25.6. The highest BCUT2D eigenvalue weighted by Crippen LogP contribution is 2.40. The molecule has 19 heteroatoms. The maximum Gasteiger partial charge on any atom is 0.418 e. The summed E-state index contributed by atoms with van der Waals surface area (Å²) in [5, 5.41) is 23.0. The normalized spacial score (nSPS) is 16.6. The van der Waals surface area contributed by atoms with Gasteiger partial charge in [0.15, 0.2) is 22.7 Å². The minimum Gasteiger partial charge on any atom is -0.490 e. The molecule has 7 N–H and O–H groups in total. The van der Waals surface area contributed by atoms with Crippen LogP contribution in [0.1, 0.15) is 45.4 Å². The summed E-state index contributed by atoms with van der Waals surface area (Å²) in [7, 11) is -4.95. The number of benzene rings is 1. The lowest BCUT2D eigenvalue weighted by molar-refractivity contribution is -0.228. The number of hydrogen-bond acceptors (Lipinski definition) is 13. The molecule has 42 heavy (non-hydrogen) atoms. The Morgan fingerprint density at radius 1 is 1.29 bits per heavy atom. The van der Waals surface area contributed by atoms with Crippen LogP contribution in [0.5, 0.6) is 5.75 Å². The highest BCUT2D eigenvalue weighted by molar-refractivity contribution is 7.80. The summed E-state index contributed by atoms with van der Waals surface area (Å²) in [6.45, 7) is 2.60. The monoisotopic (exact) mass is 668 g/mol. The van der Waals surface area contributed by atoms with E-state index in [9.17, 15) is 23.1 Å². The van der Waals surface area contributed by atoms with Crippen LogP contribution in [0.25, 0.3) is 0 Å². The van der Waals surface area contributed by atoms with Gasteiger partial charge in [0.1, 0.15) is 23.9 Å². The van der Waals surface area contributed by atoms with E-state index in [1.807, 2.05) is 0 Å². The minimum atomic E-state index is -4.95. The van der Waals surface area contributed by atoms with Gasteiger partial charge in [-0.2, -0.15) is 40.5 Å². The van der Waals surface area contributed by atoms with Crippen LogP contribution in [0, 0.1) is 11.3 Å². The van der Waals surface area contributed by atoms with Crippen LogP contribution < -0.4 is 16.2 Å². The first-order chi connectivity index (χ1) is 18.2. The van der Waals surface area contributed by atoms with Crippen LogP contribution in [-0.2, 0) is 29.1 Å². The van der Waals surface area contributed by atoms with E-state index in [0.29, 0.717) is 16.4 Å². The maximum atomic E-state index is 13.2. The number of hydrogen-bond donors (Lipinski definition) is 5. The van der Waals surface area contributed by atoms with Crippen molar-refractivity contribution in [1.29, 1.82) is 5.41 Å². The average Bonchev–Trinajstić information content (AvgIpc) is 3.29. The molecule has 2 aromatic rings. The highest BCUT2D eigenvalue weighted by atomic mass is 32.3. The third kappa shape index (κ3) is 9.82. The van der Waals surface area contributed by atoms with E-state index in [4.69, 9.17) is 31.0 Å². The van der Waals surface area contributed by atoms with Crippen molar-refractivity contribution in [2.75, 3.05) is 18.9 Å². The van der Waals surface area contributed by atoms with Crippen LogP contribution in [0.2, 0.25) is 0 Å². The largest absolute Gasteiger partial charge is 0.490 e. The van der Waals surface area contributed by atoms with Crippen molar-refractivity contribution in [1.82, 2.24) is 10.0 Å². The number of aliphatic hydroxyl groups excluding tert-OH is 1. The van der Waals surface area contributed by atoms with Gasteiger partial charge < -0.3 is 26.1 Å². The number of anilines is 1. The van der Waals surface area contributed by atoms with Gasteiger partial charge in [-0.05, 0) is 38.1 Å². The fourth-order valence-corrected chi connectivity index (χ4v) is 4.65. The molecule has 2 atom stereocenters. The molecule has 0 radical (unpaired) electrons. The Labute approximate surface area is 261 Å². The first-order valence-corrected chi connectivity index (χ1v) is 13.6. The quantitative estimate of drug-likeness (QED) is 0.0630. The third-order valence-corrected chi connectivity index (χ3v) is 6.82. The average molecular weight is 669 g/mol. The number of carbonyl (C=O) groups excluding carboxylic acids is 2. The fraction of sp³-hybridized carbons (Fsp3) is 0.435. The van der Waals surface area contributed by atoms with Crippen molar-refractivity contribution in [3.63, 3.8) is 0 Å². The zero-order chi connectivity index (χ0) is 29.0. The molecule has 15 nitrogen and oxygen atoms in total. The summed E-state index contributed by atoms with van der Waals surface area (Å²) in [6, 6.07) is 6.42. The lowest BCUT2D eigenvalue weighted by Crippen LogP contribution is -2.68. The molecule has 0 bridgehead atoms. The number of rotatable bonds is 14. The molecule has 0 aliphatic carbocycles. The summed E-state index contributed by atoms with van der Waals surface area (Å²) >= 11 is 1.05. The molecule has 1 saturated heterocycles. The Kier molecular flexibility index (Phi) is 14.9. The summed E-state index contributed by atoms with van der Waals surface area (Å²) in [5.41, 5.74) is 10.3. The Hall–Kier alpha value is -2.94. The number of ketones is 1. The van der Waals surface area contributed by atoms with Crippen molar-refractivity contribution in [2.24, 2.45) is 16.8 Å². The number of Topliss-reactive ketones (excluding diaryl/α,β-unsaturated/α-hetero) is 1. The van der Waals surface area contributed by atoms with E-state index in [1.165, 1.54) is 19.2 Å². The van der Waals surface area contributed by atoms with Crippen LogP contribution in [0.4, 0.5) is 5.13 Å². The number of amides is 1. The summed E-state index contributed by atoms with van der Waals surface area (Å²) in [4.78, 5) is 35.3. The van der Waals surface area contributed by atoms with Crippen molar-refractivity contribution < 1.29 is 41.5 Å². The lowest BCUT2D eigenvalue weighted by Gasteiger charge is -2.50. The van der Waals surface area contributed by atoms with Gasteiger partial charge in [-0.1, -0.05) is 12.6 Å². The first kappa shape index (κ1) is 39.1. The molecule has 0 saturated carbocycles. The fourth-order valence-electron chi connectivity index (χ4n) is 3.64. The van der Waals surface area contributed by atoms with Gasteiger partial charge in [0.25, 0.3) is 5.91 Å². The van der Waals surface area contributed by atoms with Crippen molar-refractivity contribution in [2.45, 2.75) is 45.8 Å². The highest BCUT2D eigenvalue weighted by Gasteiger charge is 2.57. The third-order valence-electron chi connectivity index (χ3n) is 5.81. The number of carbonyl (C=O) groups is 2. The molecule has 1 aliphatic rings. The van der Waals surface area contributed by atoms with Crippen molar-refractivity contribution in [3.8, 4) is 5.75 Å². The number of amidine groups is 1. The maximum absolute atomic E-state index is 13.2. The second kappa shape index (κ2) is 16.1. The molecule has 2 heterocycles. The number of hydroxylamine groups is 2. The van der Waals surface area contributed by atoms with Crippen LogP contribution in [0.3, 0.4) is 0 Å². The molecule has 3 rings (SSSR count). The summed E-state index contributed by atoms with van der Waals surface area (Å²) in [5.74, 6) is -2.13. The number of nitrogens with zero attached hydrogens (tertiary/aromatic N) is 3. The molecule has 0 spiro atoms. The smallest absolute Gasteiger partial charge is 0.418 e. The predicted molar refractivity (Wildman–Crippen MR) is 167 cm³/mol. The minimum absolute atomic E-state index is 0. The Morgan fingerprint density at radius 2 is 1.90 bits per heavy atom. The number of ether oxygens (including phenoxy) is 1. The molecule has 1 aromatic heterocycles. The van der Waals surface area contributed by atoms with Gasteiger partial charge >= 0.3 is 10.4 Å². The van der Waals surface area contributed by atoms with Gasteiger partial charge in [0.05, 0.1) is 11.5 Å². The molecule has 1 aromatic carbocycles. The SMILES string of the molecule is C.CC1(C)C(CC(=O)/C(=N\O[C@@H](CCO)COc2ccc(C(=N)N)cc2)c2csc(N)n2)C(=O)N1OS(=O)(=O)O.S.S. The van der Waals surface area contributed by atoms with Gasteiger partial charge in [0.2, 0.25) is 0 Å². The first-order valence-electron chi connectivity index (χ1n) is 11.4. The molecular formula is C23H36N6O9S4. The Morgan fingerprint density at radius 3 is 2.38 bits per heavy atom. The standard InChI is InChI=1S/C22H28N6O9S2.CH4.2H2S/c1-22(2)15(20(31)28(22)37-39(32,33)34)9-17(30)18(16-11-38-21(25)26-16)27-36-14(7-8-29)10-35-13-5-3-12(4-6-13)19(23)24;;;/h3-6,11,14-15,29H,7-10H2,1-2H3,(H3,23,24)(H2,25,26)(H,32,33,34);1H4;2*1H2/b27-18-;;;/t14-,15?;;;/m0.../s1. The van der Waals surface area contributed by atoms with Gasteiger partial charge in [-0.25, -0.2) is 4.98 Å². The van der Waals surface area contributed by atoms with E-state index >= 15 is 0 Å². The number of nitrogens with one attached hydrogen (secondary N) is 1. The molecule has 1 fully saturated rings.